The van der Waals surface area contributed by atoms with Crippen molar-refractivity contribution >= 4 is 28.9 Å². The number of amides is 1. The molecule has 8 heteroatoms. The third-order valence-electron chi connectivity index (χ3n) is 4.11. The quantitative estimate of drug-likeness (QED) is 0.628. The Labute approximate surface area is 143 Å². The number of halogens is 1. The Bertz CT molecular complexity index is 781. The van der Waals surface area contributed by atoms with Crippen molar-refractivity contribution < 1.29 is 14.1 Å². The fraction of sp³-hybridized carbons (Fsp3) is 0.312. The van der Waals surface area contributed by atoms with Crippen LogP contribution in [0.1, 0.15) is 16.1 Å². The van der Waals surface area contributed by atoms with E-state index >= 15 is 0 Å². The summed E-state index contributed by atoms with van der Waals surface area (Å²) >= 11 is 6.17. The first-order valence-corrected chi connectivity index (χ1v) is 7.87. The number of benzene rings is 1. The number of aryl methyl sites for hydroxylation is 1. The predicted octanol–water partition coefficient (Wildman–Crippen LogP) is 3.11. The second-order valence-corrected chi connectivity index (χ2v) is 6.01. The molecule has 2 aromatic rings. The zero-order chi connectivity index (χ0) is 17.3. The molecule has 126 valence electrons. The first-order valence-electron chi connectivity index (χ1n) is 7.49. The van der Waals surface area contributed by atoms with E-state index in [2.05, 4.69) is 0 Å². The lowest BCUT2D eigenvalue weighted by atomic mass is 10.2. The molecule has 3 rings (SSSR count). The van der Waals surface area contributed by atoms with Crippen molar-refractivity contribution in [2.75, 3.05) is 31.1 Å². The maximum atomic E-state index is 12.4. The summed E-state index contributed by atoms with van der Waals surface area (Å²) in [7, 11) is 0. The van der Waals surface area contributed by atoms with E-state index in [0.29, 0.717) is 37.0 Å². The van der Waals surface area contributed by atoms with Gasteiger partial charge in [-0.15, -0.1) is 0 Å². The highest BCUT2D eigenvalue weighted by atomic mass is 35.5. The van der Waals surface area contributed by atoms with Gasteiger partial charge in [0.25, 0.3) is 11.6 Å². The molecule has 0 saturated carbocycles. The molecule has 1 aliphatic heterocycles. The molecule has 1 aromatic carbocycles. The summed E-state index contributed by atoms with van der Waals surface area (Å²) in [4.78, 5) is 26.5. The van der Waals surface area contributed by atoms with Crippen molar-refractivity contribution in [1.82, 2.24) is 4.90 Å². The minimum absolute atomic E-state index is 0.0362. The van der Waals surface area contributed by atoms with Crippen molar-refractivity contribution in [2.24, 2.45) is 0 Å². The van der Waals surface area contributed by atoms with Crippen LogP contribution in [0.3, 0.4) is 0 Å². The number of carbonyl (C=O) groups is 1. The van der Waals surface area contributed by atoms with Crippen LogP contribution in [0.4, 0.5) is 11.4 Å². The lowest BCUT2D eigenvalue weighted by Gasteiger charge is -2.36. The largest absolute Gasteiger partial charge is 0.459 e. The molecule has 2 heterocycles. The summed E-state index contributed by atoms with van der Waals surface area (Å²) in [5.74, 6) is 0.253. The molecular formula is C16H16ClN3O4. The Morgan fingerprint density at radius 3 is 2.50 bits per heavy atom. The van der Waals surface area contributed by atoms with Crippen LogP contribution >= 0.6 is 11.6 Å². The Hall–Kier alpha value is -2.54. The van der Waals surface area contributed by atoms with Crippen LogP contribution in [0.2, 0.25) is 5.02 Å². The van der Waals surface area contributed by atoms with Crippen LogP contribution in [0.25, 0.3) is 0 Å². The molecule has 24 heavy (non-hydrogen) atoms. The van der Waals surface area contributed by atoms with Gasteiger partial charge in [0.1, 0.15) is 0 Å². The number of furan rings is 1. The van der Waals surface area contributed by atoms with E-state index < -0.39 is 4.92 Å². The van der Waals surface area contributed by atoms with Crippen molar-refractivity contribution in [3.8, 4) is 0 Å². The van der Waals surface area contributed by atoms with Crippen molar-refractivity contribution in [1.29, 1.82) is 0 Å². The van der Waals surface area contributed by atoms with Crippen LogP contribution in [0.15, 0.2) is 34.9 Å². The lowest BCUT2D eigenvalue weighted by Crippen LogP contribution is -2.48. The first kappa shape index (κ1) is 16.3. The molecule has 1 aromatic heterocycles. The molecule has 7 nitrogen and oxygen atoms in total. The molecule has 0 radical (unpaired) electrons. The number of nitro groups is 1. The highest BCUT2D eigenvalue weighted by Gasteiger charge is 2.26. The number of anilines is 1. The van der Waals surface area contributed by atoms with Crippen molar-refractivity contribution in [2.45, 2.75) is 6.92 Å². The number of piperazine rings is 1. The second kappa shape index (κ2) is 6.52. The van der Waals surface area contributed by atoms with Gasteiger partial charge >= 0.3 is 0 Å². The number of non-ortho nitro benzene ring substituents is 1. The molecule has 0 bridgehead atoms. The van der Waals surface area contributed by atoms with Crippen LogP contribution in [0.5, 0.6) is 0 Å². The van der Waals surface area contributed by atoms with E-state index in [9.17, 15) is 14.9 Å². The van der Waals surface area contributed by atoms with Gasteiger partial charge < -0.3 is 14.2 Å². The zero-order valence-corrected chi connectivity index (χ0v) is 13.8. The van der Waals surface area contributed by atoms with E-state index in [1.54, 1.807) is 17.0 Å². The smallest absolute Gasteiger partial charge is 0.289 e. The number of nitrogens with zero attached hydrogens (tertiary/aromatic N) is 3. The molecule has 0 unspecified atom stereocenters. The highest BCUT2D eigenvalue weighted by Crippen LogP contribution is 2.30. The standard InChI is InChI=1S/C16H16ClN3O4/c1-11-4-9-24-15(11)16(21)19-7-5-18(6-8-19)14-3-2-12(20(22)23)10-13(14)17/h2-4,9-10H,5-8H2,1H3. The summed E-state index contributed by atoms with van der Waals surface area (Å²) in [5.41, 5.74) is 1.52. The van der Waals surface area contributed by atoms with E-state index in [1.165, 1.54) is 18.4 Å². The number of hydrogen-bond donors (Lipinski definition) is 0. The Kier molecular flexibility index (Phi) is 4.44. The molecule has 0 N–H and O–H groups in total. The Morgan fingerprint density at radius 1 is 1.25 bits per heavy atom. The summed E-state index contributed by atoms with van der Waals surface area (Å²) in [6, 6.07) is 6.19. The van der Waals surface area contributed by atoms with Gasteiger partial charge in [-0.2, -0.15) is 0 Å². The molecule has 0 aliphatic carbocycles. The molecule has 0 spiro atoms. The van der Waals surface area contributed by atoms with Gasteiger partial charge in [-0.1, -0.05) is 11.6 Å². The summed E-state index contributed by atoms with van der Waals surface area (Å²) < 4.78 is 5.26. The first-order chi connectivity index (χ1) is 11.5. The summed E-state index contributed by atoms with van der Waals surface area (Å²) in [6.45, 7) is 4.11. The molecular weight excluding hydrogens is 334 g/mol. The van der Waals surface area contributed by atoms with E-state index in [1.807, 2.05) is 11.8 Å². The van der Waals surface area contributed by atoms with Crippen LogP contribution in [0, 0.1) is 17.0 Å². The Morgan fingerprint density at radius 2 is 1.96 bits per heavy atom. The van der Waals surface area contributed by atoms with Gasteiger partial charge in [-0.05, 0) is 19.1 Å². The maximum Gasteiger partial charge on any atom is 0.289 e. The normalized spacial score (nSPS) is 14.8. The van der Waals surface area contributed by atoms with Crippen molar-refractivity contribution in [3.05, 3.63) is 57.0 Å². The minimum atomic E-state index is -0.474. The molecule has 1 saturated heterocycles. The monoisotopic (exact) mass is 349 g/mol. The van der Waals surface area contributed by atoms with E-state index in [-0.39, 0.29) is 11.6 Å². The van der Waals surface area contributed by atoms with Gasteiger partial charge in [0.05, 0.1) is 21.9 Å². The average Bonchev–Trinajstić information content (AvgIpc) is 3.00. The number of rotatable bonds is 3. The second-order valence-electron chi connectivity index (χ2n) is 5.60. The van der Waals surface area contributed by atoms with Gasteiger partial charge in [0, 0.05) is 43.9 Å². The fourth-order valence-corrected chi connectivity index (χ4v) is 3.05. The van der Waals surface area contributed by atoms with Crippen LogP contribution < -0.4 is 4.90 Å². The highest BCUT2D eigenvalue weighted by molar-refractivity contribution is 6.33. The third kappa shape index (κ3) is 3.07. The fourth-order valence-electron chi connectivity index (χ4n) is 2.75. The van der Waals surface area contributed by atoms with Crippen LogP contribution in [-0.2, 0) is 0 Å². The van der Waals surface area contributed by atoms with Crippen LogP contribution in [-0.4, -0.2) is 41.9 Å². The number of carbonyl (C=O) groups excluding carboxylic acids is 1. The molecule has 1 aliphatic rings. The van der Waals surface area contributed by atoms with E-state index in [4.69, 9.17) is 16.0 Å². The van der Waals surface area contributed by atoms with E-state index in [0.717, 1.165) is 11.3 Å². The summed E-state index contributed by atoms with van der Waals surface area (Å²) in [6.07, 6.45) is 1.51. The molecule has 1 amide bonds. The average molecular weight is 350 g/mol. The topological polar surface area (TPSA) is 79.8 Å². The zero-order valence-electron chi connectivity index (χ0n) is 13.1. The van der Waals surface area contributed by atoms with Gasteiger partial charge in [-0.3, -0.25) is 14.9 Å². The summed E-state index contributed by atoms with van der Waals surface area (Å²) in [5, 5.41) is 11.1. The van der Waals surface area contributed by atoms with Crippen molar-refractivity contribution in [3.63, 3.8) is 0 Å². The predicted molar refractivity (Wildman–Crippen MR) is 89.7 cm³/mol. The number of nitro benzene ring substituents is 1. The molecule has 0 atom stereocenters. The van der Waals surface area contributed by atoms with Gasteiger partial charge in [-0.25, -0.2) is 0 Å². The SMILES string of the molecule is Cc1ccoc1C(=O)N1CCN(c2ccc([N+](=O)[O-])cc2Cl)CC1. The third-order valence-corrected chi connectivity index (χ3v) is 4.41. The van der Waals surface area contributed by atoms with Gasteiger partial charge in [0.2, 0.25) is 0 Å². The maximum absolute atomic E-state index is 12.4. The number of hydrogen-bond acceptors (Lipinski definition) is 5. The lowest BCUT2D eigenvalue weighted by molar-refractivity contribution is -0.384. The minimum Gasteiger partial charge on any atom is -0.459 e. The Balaban J connectivity index is 1.68. The van der Waals surface area contributed by atoms with Gasteiger partial charge in [0.15, 0.2) is 5.76 Å². The molecule has 1 fully saturated rings.